The van der Waals surface area contributed by atoms with Crippen LogP contribution in [0.15, 0.2) is 103 Å². The van der Waals surface area contributed by atoms with Crippen LogP contribution in [0.5, 0.6) is 11.5 Å². The second-order valence-corrected chi connectivity index (χ2v) is 8.39. The molecule has 4 aromatic rings. The van der Waals surface area contributed by atoms with Gasteiger partial charge < -0.3 is 24.4 Å². The molecule has 1 N–H and O–H groups in total. The molecule has 0 aliphatic carbocycles. The summed E-state index contributed by atoms with van der Waals surface area (Å²) in [5.41, 5.74) is 4.91. The zero-order valence-corrected chi connectivity index (χ0v) is 20.5. The van der Waals surface area contributed by atoms with Crippen molar-refractivity contribution in [1.82, 2.24) is 0 Å². The lowest BCUT2D eigenvalue weighted by Gasteiger charge is -2.27. The standard InChI is InChI=1S/C30H30N2O4/c1-35-28-12-6-8-23(18-28)20-31(21-24-9-7-13-29(19-24)36-2)25-14-16-27(17-15-25)32(22-30(33)34)26-10-4-3-5-11-26/h3-19H,20-22H2,1-2H3,(H,33,34). The molecule has 0 aromatic heterocycles. The normalized spacial score (nSPS) is 10.5. The predicted molar refractivity (Wildman–Crippen MR) is 143 cm³/mol. The van der Waals surface area contributed by atoms with Crippen LogP contribution >= 0.6 is 0 Å². The molecule has 6 heteroatoms. The van der Waals surface area contributed by atoms with E-state index in [2.05, 4.69) is 17.0 Å². The number of methoxy groups -OCH3 is 2. The molecule has 0 spiro atoms. The van der Waals surface area contributed by atoms with Gasteiger partial charge in [0.1, 0.15) is 18.0 Å². The van der Waals surface area contributed by atoms with Crippen LogP contribution in [0.2, 0.25) is 0 Å². The topological polar surface area (TPSA) is 62.2 Å². The summed E-state index contributed by atoms with van der Waals surface area (Å²) in [6.07, 6.45) is 0. The van der Waals surface area contributed by atoms with Crippen LogP contribution in [0.4, 0.5) is 17.1 Å². The first kappa shape index (κ1) is 24.7. The summed E-state index contributed by atoms with van der Waals surface area (Å²) < 4.78 is 10.8. The Hall–Kier alpha value is -4.45. The number of benzene rings is 4. The molecule has 4 aromatic carbocycles. The van der Waals surface area contributed by atoms with Crippen LogP contribution in [-0.2, 0) is 17.9 Å². The van der Waals surface area contributed by atoms with Gasteiger partial charge in [0.25, 0.3) is 0 Å². The number of rotatable bonds is 11. The second kappa shape index (κ2) is 11.8. The van der Waals surface area contributed by atoms with Gasteiger partial charge in [-0.25, -0.2) is 0 Å². The van der Waals surface area contributed by atoms with Crippen molar-refractivity contribution < 1.29 is 19.4 Å². The number of nitrogens with zero attached hydrogens (tertiary/aromatic N) is 2. The molecule has 0 fully saturated rings. The second-order valence-electron chi connectivity index (χ2n) is 8.39. The zero-order valence-electron chi connectivity index (χ0n) is 20.5. The van der Waals surface area contributed by atoms with Crippen molar-refractivity contribution in [2.24, 2.45) is 0 Å². The fourth-order valence-corrected chi connectivity index (χ4v) is 4.14. The van der Waals surface area contributed by atoms with Gasteiger partial charge in [0.2, 0.25) is 0 Å². The first-order valence-electron chi connectivity index (χ1n) is 11.7. The van der Waals surface area contributed by atoms with E-state index in [0.29, 0.717) is 13.1 Å². The highest BCUT2D eigenvalue weighted by Gasteiger charge is 2.15. The van der Waals surface area contributed by atoms with Crippen molar-refractivity contribution in [1.29, 1.82) is 0 Å². The van der Waals surface area contributed by atoms with Crippen LogP contribution in [0, 0.1) is 0 Å². The molecule has 0 bridgehead atoms. The monoisotopic (exact) mass is 482 g/mol. The molecule has 0 heterocycles. The third-order valence-electron chi connectivity index (χ3n) is 5.90. The maximum absolute atomic E-state index is 11.6. The molecule has 0 unspecified atom stereocenters. The average Bonchev–Trinajstić information content (AvgIpc) is 2.92. The zero-order chi connectivity index (χ0) is 25.3. The minimum Gasteiger partial charge on any atom is -0.497 e. The first-order valence-corrected chi connectivity index (χ1v) is 11.7. The quantitative estimate of drug-likeness (QED) is 0.277. The highest BCUT2D eigenvalue weighted by molar-refractivity contribution is 5.79. The molecule has 0 aliphatic rings. The summed E-state index contributed by atoms with van der Waals surface area (Å²) >= 11 is 0. The number of anilines is 3. The van der Waals surface area contributed by atoms with Gasteiger partial charge in [0.05, 0.1) is 14.2 Å². The average molecular weight is 483 g/mol. The van der Waals surface area contributed by atoms with Gasteiger partial charge in [-0.05, 0) is 71.8 Å². The van der Waals surface area contributed by atoms with Crippen molar-refractivity contribution in [3.63, 3.8) is 0 Å². The van der Waals surface area contributed by atoms with E-state index in [1.54, 1.807) is 19.1 Å². The Morgan fingerprint density at radius 3 is 1.67 bits per heavy atom. The number of hydrogen-bond donors (Lipinski definition) is 1. The number of aliphatic carboxylic acids is 1. The predicted octanol–water partition coefficient (Wildman–Crippen LogP) is 6.13. The Bertz CT molecular complexity index is 1230. The van der Waals surface area contributed by atoms with Crippen molar-refractivity contribution >= 4 is 23.0 Å². The van der Waals surface area contributed by atoms with Gasteiger partial charge in [-0.3, -0.25) is 4.79 Å². The fraction of sp³-hybridized carbons (Fsp3) is 0.167. The summed E-state index contributed by atoms with van der Waals surface area (Å²) in [5, 5.41) is 9.49. The van der Waals surface area contributed by atoms with E-state index < -0.39 is 5.97 Å². The number of ether oxygens (including phenoxy) is 2. The molecule has 184 valence electrons. The molecule has 36 heavy (non-hydrogen) atoms. The van der Waals surface area contributed by atoms with Crippen molar-refractivity contribution in [2.45, 2.75) is 13.1 Å². The van der Waals surface area contributed by atoms with E-state index in [1.165, 1.54) is 0 Å². The Balaban J connectivity index is 1.65. The smallest absolute Gasteiger partial charge is 0.323 e. The summed E-state index contributed by atoms with van der Waals surface area (Å²) in [5.74, 6) is 0.744. The van der Waals surface area contributed by atoms with Crippen molar-refractivity contribution in [3.8, 4) is 11.5 Å². The lowest BCUT2D eigenvalue weighted by atomic mass is 10.1. The summed E-state index contributed by atoms with van der Waals surface area (Å²) in [6, 6.07) is 33.7. The number of para-hydroxylation sites is 1. The highest BCUT2D eigenvalue weighted by atomic mass is 16.5. The lowest BCUT2D eigenvalue weighted by Crippen LogP contribution is -2.25. The van der Waals surface area contributed by atoms with Crippen molar-refractivity contribution in [2.75, 3.05) is 30.6 Å². The van der Waals surface area contributed by atoms with E-state index in [1.807, 2.05) is 91.0 Å². The van der Waals surface area contributed by atoms with Gasteiger partial charge >= 0.3 is 5.97 Å². The largest absolute Gasteiger partial charge is 0.497 e. The molecular formula is C30H30N2O4. The SMILES string of the molecule is COc1cccc(CN(Cc2cccc(OC)c2)c2ccc(N(CC(=O)O)c3ccccc3)cc2)c1. The molecule has 0 saturated carbocycles. The van der Waals surface area contributed by atoms with Crippen LogP contribution < -0.4 is 19.3 Å². The Morgan fingerprint density at radius 1 is 0.667 bits per heavy atom. The fourth-order valence-electron chi connectivity index (χ4n) is 4.14. The third-order valence-corrected chi connectivity index (χ3v) is 5.90. The number of carbonyl (C=O) groups is 1. The van der Waals surface area contributed by atoms with Crippen LogP contribution in [0.1, 0.15) is 11.1 Å². The van der Waals surface area contributed by atoms with Gasteiger partial charge in [-0.2, -0.15) is 0 Å². The molecule has 0 amide bonds. The maximum atomic E-state index is 11.6. The van der Waals surface area contributed by atoms with Gasteiger partial charge in [0, 0.05) is 30.2 Å². The van der Waals surface area contributed by atoms with Crippen molar-refractivity contribution in [3.05, 3.63) is 114 Å². The van der Waals surface area contributed by atoms with Crippen LogP contribution in [0.25, 0.3) is 0 Å². The summed E-state index contributed by atoms with van der Waals surface area (Å²) in [7, 11) is 3.34. The van der Waals surface area contributed by atoms with E-state index in [0.717, 1.165) is 39.7 Å². The molecular weight excluding hydrogens is 452 g/mol. The van der Waals surface area contributed by atoms with Crippen LogP contribution in [-0.4, -0.2) is 31.8 Å². The highest BCUT2D eigenvalue weighted by Crippen LogP contribution is 2.29. The lowest BCUT2D eigenvalue weighted by molar-refractivity contribution is -0.135. The number of carboxylic acids is 1. The van der Waals surface area contributed by atoms with E-state index in [9.17, 15) is 9.90 Å². The number of hydrogen-bond acceptors (Lipinski definition) is 5. The van der Waals surface area contributed by atoms with E-state index >= 15 is 0 Å². The number of carboxylic acid groups (broad SMARTS) is 1. The first-order chi connectivity index (χ1) is 17.6. The summed E-state index contributed by atoms with van der Waals surface area (Å²) in [6.45, 7) is 1.22. The maximum Gasteiger partial charge on any atom is 0.323 e. The molecule has 6 nitrogen and oxygen atoms in total. The Morgan fingerprint density at radius 2 is 1.17 bits per heavy atom. The Kier molecular flexibility index (Phi) is 8.08. The third kappa shape index (κ3) is 6.36. The van der Waals surface area contributed by atoms with E-state index in [-0.39, 0.29) is 6.54 Å². The molecule has 0 radical (unpaired) electrons. The van der Waals surface area contributed by atoms with Gasteiger partial charge in [-0.15, -0.1) is 0 Å². The van der Waals surface area contributed by atoms with Gasteiger partial charge in [0.15, 0.2) is 0 Å². The summed E-state index contributed by atoms with van der Waals surface area (Å²) in [4.78, 5) is 15.6. The molecule has 0 atom stereocenters. The molecule has 4 rings (SSSR count). The molecule has 0 saturated heterocycles. The van der Waals surface area contributed by atoms with E-state index in [4.69, 9.17) is 9.47 Å². The molecule has 0 aliphatic heterocycles. The Labute approximate surface area is 211 Å². The van der Waals surface area contributed by atoms with Gasteiger partial charge in [-0.1, -0.05) is 42.5 Å². The minimum atomic E-state index is -0.888. The van der Waals surface area contributed by atoms with Crippen LogP contribution in [0.3, 0.4) is 0 Å². The minimum absolute atomic E-state index is 0.124.